The predicted molar refractivity (Wildman–Crippen MR) is 73.8 cm³/mol. The standard InChI is InChI=1S/C13H18N2O4S/c1-20(16,17)13-10(8-15-6-4-14-5-7-15)2-3-11-12(13)19-9-18-11/h2-3,14H,4-9H2,1H3. The Kier molecular flexibility index (Phi) is 3.57. The van der Waals surface area contributed by atoms with E-state index in [0.717, 1.165) is 31.7 Å². The Morgan fingerprint density at radius 2 is 2.00 bits per heavy atom. The summed E-state index contributed by atoms with van der Waals surface area (Å²) in [4.78, 5) is 2.51. The monoisotopic (exact) mass is 298 g/mol. The van der Waals surface area contributed by atoms with Gasteiger partial charge in [0.1, 0.15) is 4.90 Å². The van der Waals surface area contributed by atoms with Crippen molar-refractivity contribution in [3.63, 3.8) is 0 Å². The van der Waals surface area contributed by atoms with Crippen molar-refractivity contribution in [2.45, 2.75) is 11.4 Å². The number of rotatable bonds is 3. The third-order valence-electron chi connectivity index (χ3n) is 3.55. The van der Waals surface area contributed by atoms with Gasteiger partial charge < -0.3 is 14.8 Å². The Hall–Kier alpha value is -1.31. The van der Waals surface area contributed by atoms with Crippen molar-refractivity contribution in [3.8, 4) is 11.5 Å². The number of ether oxygens (including phenoxy) is 2. The SMILES string of the molecule is CS(=O)(=O)c1c(CN2CCNCC2)ccc2c1OCO2. The van der Waals surface area contributed by atoms with Crippen LogP contribution in [-0.2, 0) is 16.4 Å². The predicted octanol–water partition coefficient (Wildman–Crippen LogP) is 0.224. The Morgan fingerprint density at radius 1 is 1.25 bits per heavy atom. The highest BCUT2D eigenvalue weighted by atomic mass is 32.2. The summed E-state index contributed by atoms with van der Waals surface area (Å²) in [6.07, 6.45) is 1.21. The minimum absolute atomic E-state index is 0.0783. The van der Waals surface area contributed by atoms with Gasteiger partial charge in [0, 0.05) is 39.0 Å². The first-order chi connectivity index (χ1) is 9.55. The smallest absolute Gasteiger partial charge is 0.231 e. The van der Waals surface area contributed by atoms with Crippen molar-refractivity contribution in [2.75, 3.05) is 39.2 Å². The normalized spacial score (nSPS) is 19.2. The number of hydrogen-bond acceptors (Lipinski definition) is 6. The molecule has 0 spiro atoms. The molecule has 0 unspecified atom stereocenters. The number of nitrogens with zero attached hydrogens (tertiary/aromatic N) is 1. The molecule has 2 aliphatic heterocycles. The molecule has 0 saturated carbocycles. The maximum Gasteiger partial charge on any atom is 0.231 e. The molecule has 2 aliphatic rings. The third-order valence-corrected chi connectivity index (χ3v) is 4.74. The van der Waals surface area contributed by atoms with Gasteiger partial charge in [-0.25, -0.2) is 8.42 Å². The minimum atomic E-state index is -3.36. The van der Waals surface area contributed by atoms with Crippen molar-refractivity contribution >= 4 is 9.84 Å². The molecule has 0 amide bonds. The van der Waals surface area contributed by atoms with E-state index >= 15 is 0 Å². The fourth-order valence-corrected chi connectivity index (χ4v) is 3.73. The summed E-state index contributed by atoms with van der Waals surface area (Å²) in [7, 11) is -3.36. The average Bonchev–Trinajstić information content (AvgIpc) is 2.86. The fraction of sp³-hybridized carbons (Fsp3) is 0.538. The van der Waals surface area contributed by atoms with Crippen LogP contribution in [-0.4, -0.2) is 52.5 Å². The molecule has 0 atom stereocenters. The lowest BCUT2D eigenvalue weighted by Gasteiger charge is -2.27. The van der Waals surface area contributed by atoms with E-state index in [1.54, 1.807) is 6.07 Å². The van der Waals surface area contributed by atoms with Crippen LogP contribution < -0.4 is 14.8 Å². The minimum Gasteiger partial charge on any atom is -0.454 e. The second-order valence-electron chi connectivity index (χ2n) is 5.09. The van der Waals surface area contributed by atoms with E-state index in [-0.39, 0.29) is 11.7 Å². The van der Waals surface area contributed by atoms with E-state index in [0.29, 0.717) is 18.0 Å². The molecule has 110 valence electrons. The Balaban J connectivity index is 1.98. The topological polar surface area (TPSA) is 67.9 Å². The lowest BCUT2D eigenvalue weighted by molar-refractivity contribution is 0.171. The molecule has 6 nitrogen and oxygen atoms in total. The van der Waals surface area contributed by atoms with E-state index in [1.165, 1.54) is 6.26 Å². The summed E-state index contributed by atoms with van der Waals surface area (Å²) < 4.78 is 34.8. The summed E-state index contributed by atoms with van der Waals surface area (Å²) >= 11 is 0. The molecule has 0 radical (unpaired) electrons. The van der Waals surface area contributed by atoms with Crippen LogP contribution in [0.1, 0.15) is 5.56 Å². The maximum absolute atomic E-state index is 12.1. The molecule has 1 saturated heterocycles. The summed E-state index contributed by atoms with van der Waals surface area (Å²) in [6.45, 7) is 4.38. The molecule has 20 heavy (non-hydrogen) atoms. The van der Waals surface area contributed by atoms with Gasteiger partial charge in [0.05, 0.1) is 0 Å². The van der Waals surface area contributed by atoms with Crippen LogP contribution in [0.25, 0.3) is 0 Å². The van der Waals surface area contributed by atoms with Gasteiger partial charge in [-0.15, -0.1) is 0 Å². The molecule has 0 aliphatic carbocycles. The zero-order valence-electron chi connectivity index (χ0n) is 11.4. The Morgan fingerprint density at radius 3 is 2.70 bits per heavy atom. The first-order valence-corrected chi connectivity index (χ1v) is 8.49. The average molecular weight is 298 g/mol. The molecule has 7 heteroatoms. The van der Waals surface area contributed by atoms with Crippen molar-refractivity contribution in [2.24, 2.45) is 0 Å². The molecule has 1 fully saturated rings. The van der Waals surface area contributed by atoms with Crippen LogP contribution in [0, 0.1) is 0 Å². The highest BCUT2D eigenvalue weighted by Crippen LogP contribution is 2.40. The van der Waals surface area contributed by atoms with Crippen molar-refractivity contribution < 1.29 is 17.9 Å². The van der Waals surface area contributed by atoms with Crippen LogP contribution in [0.4, 0.5) is 0 Å². The van der Waals surface area contributed by atoms with Gasteiger partial charge in [0.15, 0.2) is 21.3 Å². The molecule has 2 heterocycles. The first kappa shape index (κ1) is 13.7. The highest BCUT2D eigenvalue weighted by Gasteiger charge is 2.28. The van der Waals surface area contributed by atoms with Crippen molar-refractivity contribution in [1.82, 2.24) is 10.2 Å². The number of nitrogens with one attached hydrogen (secondary N) is 1. The molecule has 1 aromatic rings. The summed E-state index contributed by atoms with van der Waals surface area (Å²) in [6, 6.07) is 3.61. The summed E-state index contributed by atoms with van der Waals surface area (Å²) in [5, 5.41) is 3.28. The second-order valence-corrected chi connectivity index (χ2v) is 7.04. The number of benzene rings is 1. The molecule has 0 bridgehead atoms. The van der Waals surface area contributed by atoms with Crippen LogP contribution in [0.3, 0.4) is 0 Å². The van der Waals surface area contributed by atoms with Crippen molar-refractivity contribution in [1.29, 1.82) is 0 Å². The molecular formula is C13H18N2O4S. The first-order valence-electron chi connectivity index (χ1n) is 6.60. The summed E-state index contributed by atoms with van der Waals surface area (Å²) in [5.41, 5.74) is 0.777. The molecular weight excluding hydrogens is 280 g/mol. The molecule has 3 rings (SSSR count). The maximum atomic E-state index is 12.1. The Bertz CT molecular complexity index is 609. The molecule has 0 aromatic heterocycles. The van der Waals surface area contributed by atoms with Gasteiger partial charge in [0.25, 0.3) is 0 Å². The van der Waals surface area contributed by atoms with Crippen LogP contribution in [0.15, 0.2) is 17.0 Å². The number of piperazine rings is 1. The number of hydrogen-bond donors (Lipinski definition) is 1. The zero-order chi connectivity index (χ0) is 14.2. The van der Waals surface area contributed by atoms with Crippen LogP contribution in [0.2, 0.25) is 0 Å². The van der Waals surface area contributed by atoms with Gasteiger partial charge in [0.2, 0.25) is 6.79 Å². The van der Waals surface area contributed by atoms with Crippen LogP contribution >= 0.6 is 0 Å². The lowest BCUT2D eigenvalue weighted by atomic mass is 10.1. The lowest BCUT2D eigenvalue weighted by Crippen LogP contribution is -2.43. The van der Waals surface area contributed by atoms with E-state index in [1.807, 2.05) is 6.07 Å². The van der Waals surface area contributed by atoms with Gasteiger partial charge >= 0.3 is 0 Å². The fourth-order valence-electron chi connectivity index (χ4n) is 2.63. The Labute approximate surface area is 118 Å². The van der Waals surface area contributed by atoms with Gasteiger partial charge in [-0.1, -0.05) is 6.07 Å². The third kappa shape index (κ3) is 2.61. The zero-order valence-corrected chi connectivity index (χ0v) is 12.2. The molecule has 1 N–H and O–H groups in total. The van der Waals surface area contributed by atoms with Gasteiger partial charge in [-0.2, -0.15) is 0 Å². The van der Waals surface area contributed by atoms with E-state index in [2.05, 4.69) is 10.2 Å². The number of sulfone groups is 1. The second kappa shape index (κ2) is 5.23. The number of fused-ring (bicyclic) bond motifs is 1. The van der Waals surface area contributed by atoms with Gasteiger partial charge in [-0.05, 0) is 11.6 Å². The molecule has 1 aromatic carbocycles. The highest BCUT2D eigenvalue weighted by molar-refractivity contribution is 7.90. The van der Waals surface area contributed by atoms with Crippen molar-refractivity contribution in [3.05, 3.63) is 17.7 Å². The largest absolute Gasteiger partial charge is 0.454 e. The van der Waals surface area contributed by atoms with E-state index < -0.39 is 9.84 Å². The van der Waals surface area contributed by atoms with Crippen LogP contribution in [0.5, 0.6) is 11.5 Å². The van der Waals surface area contributed by atoms with E-state index in [4.69, 9.17) is 9.47 Å². The quantitative estimate of drug-likeness (QED) is 0.861. The van der Waals surface area contributed by atoms with E-state index in [9.17, 15) is 8.42 Å². The summed E-state index contributed by atoms with van der Waals surface area (Å²) in [5.74, 6) is 0.870. The van der Waals surface area contributed by atoms with Gasteiger partial charge in [-0.3, -0.25) is 4.90 Å².